The molecule has 0 bridgehead atoms. The topological polar surface area (TPSA) is 59.2 Å². The van der Waals surface area contributed by atoms with Crippen molar-refractivity contribution in [1.29, 1.82) is 0 Å². The van der Waals surface area contributed by atoms with Crippen molar-refractivity contribution in [3.63, 3.8) is 0 Å². The average molecular weight is 303 g/mol. The number of amides is 1. The van der Waals surface area contributed by atoms with Crippen molar-refractivity contribution >= 4 is 33.1 Å². The van der Waals surface area contributed by atoms with Gasteiger partial charge in [-0.05, 0) is 37.3 Å². The normalized spacial score (nSPS) is 15.7. The van der Waals surface area contributed by atoms with E-state index in [0.29, 0.717) is 16.5 Å². The summed E-state index contributed by atoms with van der Waals surface area (Å²) in [6, 6.07) is 1.93. The van der Waals surface area contributed by atoms with Crippen LogP contribution < -0.4 is 5.73 Å². The van der Waals surface area contributed by atoms with Crippen LogP contribution in [0.3, 0.4) is 0 Å². The lowest BCUT2D eigenvalue weighted by molar-refractivity contribution is 0.0779. The van der Waals surface area contributed by atoms with Crippen LogP contribution in [0.5, 0.6) is 0 Å². The van der Waals surface area contributed by atoms with E-state index < -0.39 is 0 Å². The molecule has 2 N–H and O–H groups in total. The van der Waals surface area contributed by atoms with Crippen LogP contribution >= 0.6 is 11.3 Å². The molecule has 5 heteroatoms. The lowest BCUT2D eigenvalue weighted by atomic mass is 10.1. The van der Waals surface area contributed by atoms with Gasteiger partial charge in [-0.2, -0.15) is 0 Å². The maximum absolute atomic E-state index is 12.7. The molecule has 112 valence electrons. The number of thiophene rings is 1. The highest BCUT2D eigenvalue weighted by Crippen LogP contribution is 2.35. The minimum absolute atomic E-state index is 0.0294. The molecule has 2 aromatic rings. The van der Waals surface area contributed by atoms with E-state index in [2.05, 4.69) is 4.98 Å². The highest BCUT2D eigenvalue weighted by atomic mass is 32.1. The molecule has 2 heterocycles. The molecule has 0 radical (unpaired) electrons. The van der Waals surface area contributed by atoms with E-state index in [1.54, 1.807) is 6.20 Å². The molecule has 1 saturated carbocycles. The Morgan fingerprint density at radius 2 is 2.19 bits per heavy atom. The van der Waals surface area contributed by atoms with E-state index in [4.69, 9.17) is 5.73 Å². The fourth-order valence-electron chi connectivity index (χ4n) is 3.20. The maximum atomic E-state index is 12.7. The first-order valence-electron chi connectivity index (χ1n) is 7.47. The van der Waals surface area contributed by atoms with Crippen LogP contribution in [0.1, 0.15) is 40.9 Å². The average Bonchev–Trinajstić information content (AvgIpc) is 3.07. The number of nitrogens with zero attached hydrogens (tertiary/aromatic N) is 2. The Balaban J connectivity index is 1.87. The molecular weight excluding hydrogens is 282 g/mol. The van der Waals surface area contributed by atoms with E-state index >= 15 is 0 Å². The van der Waals surface area contributed by atoms with Gasteiger partial charge in [-0.1, -0.05) is 12.8 Å². The van der Waals surface area contributed by atoms with E-state index in [0.717, 1.165) is 22.3 Å². The van der Waals surface area contributed by atoms with Crippen molar-refractivity contribution in [3.8, 4) is 0 Å². The molecule has 0 aliphatic heterocycles. The van der Waals surface area contributed by atoms with Gasteiger partial charge in [0.25, 0.3) is 5.91 Å². The summed E-state index contributed by atoms with van der Waals surface area (Å²) in [6.07, 6.45) is 6.83. The number of rotatable bonds is 3. The smallest absolute Gasteiger partial charge is 0.265 e. The van der Waals surface area contributed by atoms with Gasteiger partial charge in [0.15, 0.2) is 0 Å². The third kappa shape index (κ3) is 2.62. The quantitative estimate of drug-likeness (QED) is 0.944. The first-order valence-corrected chi connectivity index (χ1v) is 8.28. The number of pyridine rings is 1. The van der Waals surface area contributed by atoms with E-state index in [9.17, 15) is 4.79 Å². The van der Waals surface area contributed by atoms with Gasteiger partial charge in [0.1, 0.15) is 9.71 Å². The summed E-state index contributed by atoms with van der Waals surface area (Å²) in [5.74, 6) is 0.677. The second kappa shape index (κ2) is 5.64. The van der Waals surface area contributed by atoms with Crippen LogP contribution in [0.2, 0.25) is 0 Å². The summed E-state index contributed by atoms with van der Waals surface area (Å²) in [4.78, 5) is 20.3. The van der Waals surface area contributed by atoms with E-state index in [-0.39, 0.29) is 5.91 Å². The fraction of sp³-hybridized carbons (Fsp3) is 0.500. The van der Waals surface area contributed by atoms with Gasteiger partial charge in [-0.3, -0.25) is 4.79 Å². The second-order valence-electron chi connectivity index (χ2n) is 5.99. The van der Waals surface area contributed by atoms with E-state index in [1.807, 2.05) is 24.9 Å². The predicted octanol–water partition coefficient (Wildman–Crippen LogP) is 3.45. The van der Waals surface area contributed by atoms with Crippen molar-refractivity contribution in [2.45, 2.75) is 32.6 Å². The number of hydrogen-bond acceptors (Lipinski definition) is 4. The molecular formula is C16H21N3OS. The Bertz CT molecular complexity index is 673. The minimum Gasteiger partial charge on any atom is -0.397 e. The van der Waals surface area contributed by atoms with Gasteiger partial charge in [0, 0.05) is 25.2 Å². The molecule has 0 aromatic carbocycles. The summed E-state index contributed by atoms with van der Waals surface area (Å²) in [5, 5.41) is 0.931. The zero-order chi connectivity index (χ0) is 15.0. The Kier molecular flexibility index (Phi) is 3.85. The lowest BCUT2D eigenvalue weighted by Crippen LogP contribution is -2.31. The maximum Gasteiger partial charge on any atom is 0.265 e. The molecule has 0 saturated heterocycles. The molecule has 21 heavy (non-hydrogen) atoms. The largest absolute Gasteiger partial charge is 0.397 e. The molecule has 0 unspecified atom stereocenters. The summed E-state index contributed by atoms with van der Waals surface area (Å²) in [7, 11) is 1.88. The minimum atomic E-state index is 0.0294. The second-order valence-corrected chi connectivity index (χ2v) is 6.99. The number of nitrogen functional groups attached to an aromatic ring is 1. The van der Waals surface area contributed by atoms with Crippen molar-refractivity contribution in [3.05, 3.63) is 22.7 Å². The number of nitrogens with two attached hydrogens (primary N) is 1. The van der Waals surface area contributed by atoms with Crippen LogP contribution in [0.25, 0.3) is 10.2 Å². The highest BCUT2D eigenvalue weighted by molar-refractivity contribution is 7.21. The summed E-state index contributed by atoms with van der Waals surface area (Å²) in [5.41, 5.74) is 7.87. The number of anilines is 1. The van der Waals surface area contributed by atoms with Crippen molar-refractivity contribution < 1.29 is 4.79 Å². The molecule has 0 atom stereocenters. The van der Waals surface area contributed by atoms with Crippen LogP contribution in [-0.2, 0) is 0 Å². The SMILES string of the molecule is Cc1ccnc2sc(C(=O)N(C)CC3CCCC3)c(N)c12. The molecule has 1 fully saturated rings. The summed E-state index contributed by atoms with van der Waals surface area (Å²) in [6.45, 7) is 2.84. The Labute approximate surface area is 129 Å². The summed E-state index contributed by atoms with van der Waals surface area (Å²) < 4.78 is 0. The third-order valence-corrected chi connectivity index (χ3v) is 5.49. The number of fused-ring (bicyclic) bond motifs is 1. The standard InChI is InChI=1S/C16H21N3OS/c1-10-7-8-18-15-12(10)13(17)14(21-15)16(20)19(2)9-11-5-3-4-6-11/h7-8,11H,3-6,9,17H2,1-2H3. The van der Waals surface area contributed by atoms with Gasteiger partial charge < -0.3 is 10.6 Å². The molecule has 2 aromatic heterocycles. The van der Waals surface area contributed by atoms with E-state index in [1.165, 1.54) is 37.0 Å². The van der Waals surface area contributed by atoms with Crippen molar-refractivity contribution in [1.82, 2.24) is 9.88 Å². The van der Waals surface area contributed by atoms with Gasteiger partial charge in [0.2, 0.25) is 0 Å². The Hall–Kier alpha value is -1.62. The predicted molar refractivity (Wildman–Crippen MR) is 87.7 cm³/mol. The molecule has 3 rings (SSSR count). The third-order valence-electron chi connectivity index (χ3n) is 4.38. The lowest BCUT2D eigenvalue weighted by Gasteiger charge is -2.20. The Morgan fingerprint density at radius 1 is 1.48 bits per heavy atom. The van der Waals surface area contributed by atoms with Gasteiger partial charge in [0.05, 0.1) is 5.69 Å². The van der Waals surface area contributed by atoms with Gasteiger partial charge >= 0.3 is 0 Å². The van der Waals surface area contributed by atoms with Crippen molar-refractivity contribution in [2.75, 3.05) is 19.3 Å². The first-order chi connectivity index (χ1) is 10.1. The monoisotopic (exact) mass is 303 g/mol. The highest BCUT2D eigenvalue weighted by Gasteiger charge is 2.24. The van der Waals surface area contributed by atoms with Gasteiger partial charge in [-0.15, -0.1) is 11.3 Å². The van der Waals surface area contributed by atoms with Crippen LogP contribution in [0, 0.1) is 12.8 Å². The molecule has 1 aliphatic rings. The fourth-order valence-corrected chi connectivity index (χ4v) is 4.33. The molecule has 0 spiro atoms. The van der Waals surface area contributed by atoms with Gasteiger partial charge in [-0.25, -0.2) is 4.98 Å². The zero-order valence-corrected chi connectivity index (χ0v) is 13.4. The summed E-state index contributed by atoms with van der Waals surface area (Å²) >= 11 is 1.41. The first kappa shape index (κ1) is 14.3. The zero-order valence-electron chi connectivity index (χ0n) is 12.6. The van der Waals surface area contributed by atoms with Crippen LogP contribution in [0.4, 0.5) is 5.69 Å². The number of aryl methyl sites for hydroxylation is 1. The molecule has 4 nitrogen and oxygen atoms in total. The molecule has 1 aliphatic carbocycles. The number of carbonyl (C=O) groups excluding carboxylic acids is 1. The molecule has 1 amide bonds. The number of hydrogen-bond donors (Lipinski definition) is 1. The van der Waals surface area contributed by atoms with Crippen LogP contribution in [-0.4, -0.2) is 29.4 Å². The van der Waals surface area contributed by atoms with Crippen molar-refractivity contribution in [2.24, 2.45) is 5.92 Å². The number of aromatic nitrogens is 1. The van der Waals surface area contributed by atoms with Crippen LogP contribution in [0.15, 0.2) is 12.3 Å². The Morgan fingerprint density at radius 3 is 2.86 bits per heavy atom. The number of carbonyl (C=O) groups is 1.